The number of aromatic hydroxyl groups is 1. The Morgan fingerprint density at radius 2 is 1.90 bits per heavy atom. The maximum absolute atomic E-state index is 11.1. The summed E-state index contributed by atoms with van der Waals surface area (Å²) < 4.78 is 22.0. The van der Waals surface area contributed by atoms with E-state index in [1.54, 1.807) is 12.1 Å². The van der Waals surface area contributed by atoms with Gasteiger partial charge in [-0.05, 0) is 6.92 Å². The van der Waals surface area contributed by atoms with Crippen molar-refractivity contribution in [2.75, 3.05) is 0 Å². The van der Waals surface area contributed by atoms with E-state index in [-0.39, 0.29) is 17.6 Å². The van der Waals surface area contributed by atoms with Crippen molar-refractivity contribution < 1.29 is 23.8 Å². The Kier molecular flexibility index (Phi) is 3.08. The molecule has 2 N–H and O–H groups in total. The normalized spacial score (nSPS) is 20.0. The minimum atomic E-state index is -2.87. The molecule has 2 atom stereocenters. The Balaban J connectivity index is 2.42. The number of hydrogen-bond acceptors (Lipinski definition) is 4. The summed E-state index contributed by atoms with van der Waals surface area (Å²) in [6.45, 7) is 5.85. The fourth-order valence-corrected chi connectivity index (χ4v) is 3.12. The average Bonchev–Trinajstić information content (AvgIpc) is 2.65. The molecule has 0 saturated heterocycles. The van der Waals surface area contributed by atoms with Gasteiger partial charge in [0, 0.05) is 26.3 Å². The third-order valence-corrected chi connectivity index (χ3v) is 4.56. The van der Waals surface area contributed by atoms with Crippen molar-refractivity contribution in [3.8, 4) is 17.2 Å². The van der Waals surface area contributed by atoms with Crippen molar-refractivity contribution in [1.82, 2.24) is 0 Å². The van der Waals surface area contributed by atoms with Gasteiger partial charge in [0.05, 0.1) is 0 Å². The molecule has 21 heavy (non-hydrogen) atoms. The lowest BCUT2D eigenvalue weighted by Gasteiger charge is -2.22. The number of fused-ring (bicyclic) bond motifs is 3. The molecule has 0 fully saturated rings. The maximum Gasteiger partial charge on any atom is 0.747 e. The highest BCUT2D eigenvalue weighted by atomic mass is 31.1. The van der Waals surface area contributed by atoms with E-state index in [0.29, 0.717) is 16.7 Å². The van der Waals surface area contributed by atoms with Gasteiger partial charge in [0.25, 0.3) is 0 Å². The van der Waals surface area contributed by atoms with E-state index in [1.165, 1.54) is 0 Å². The zero-order chi connectivity index (χ0) is 15.4. The lowest BCUT2D eigenvalue weighted by Crippen LogP contribution is -2.28. The summed E-state index contributed by atoms with van der Waals surface area (Å²) in [7, 11) is -2.87. The van der Waals surface area contributed by atoms with E-state index in [9.17, 15) is 9.67 Å². The van der Waals surface area contributed by atoms with Crippen LogP contribution in [0.15, 0.2) is 24.3 Å². The van der Waals surface area contributed by atoms with Gasteiger partial charge in [-0.1, -0.05) is 38.1 Å². The van der Waals surface area contributed by atoms with Crippen LogP contribution in [-0.2, 0) is 9.98 Å². The number of ether oxygens (including phenoxy) is 1. The Labute approximate surface area is 123 Å². The maximum atomic E-state index is 11.1. The van der Waals surface area contributed by atoms with Crippen molar-refractivity contribution >= 4 is 19.0 Å². The summed E-state index contributed by atoms with van der Waals surface area (Å²) >= 11 is 0. The van der Waals surface area contributed by atoms with Crippen molar-refractivity contribution in [1.29, 1.82) is 0 Å². The van der Waals surface area contributed by atoms with Crippen LogP contribution in [0.2, 0.25) is 0 Å². The van der Waals surface area contributed by atoms with Crippen LogP contribution in [0.1, 0.15) is 26.3 Å². The fraction of sp³-hybridized carbons (Fsp3) is 0.333. The molecule has 1 heterocycles. The molecule has 0 radical (unpaired) electrons. The molecule has 1 aliphatic heterocycles. The zero-order valence-electron chi connectivity index (χ0n) is 12.0. The molecular weight excluding hydrogens is 291 g/mol. The monoisotopic (exact) mass is 307 g/mol. The number of phenolic OH excluding ortho intramolecular Hbond substituents is 1. The van der Waals surface area contributed by atoms with E-state index in [1.807, 2.05) is 32.9 Å². The molecule has 2 aromatic carbocycles. The molecule has 110 valence electrons. The third kappa shape index (κ3) is 1.96. The highest BCUT2D eigenvalue weighted by Gasteiger charge is 2.44. The van der Waals surface area contributed by atoms with E-state index < -0.39 is 13.7 Å². The van der Waals surface area contributed by atoms with Crippen LogP contribution in [0.3, 0.4) is 0 Å². The lowest BCUT2D eigenvalue weighted by atomic mass is 9.80. The summed E-state index contributed by atoms with van der Waals surface area (Å²) in [6.07, 6.45) is -0.125. The lowest BCUT2D eigenvalue weighted by molar-refractivity contribution is 0.186. The first kappa shape index (κ1) is 14.1. The van der Waals surface area contributed by atoms with Gasteiger partial charge in [-0.2, -0.15) is 0 Å². The third-order valence-electron chi connectivity index (χ3n) is 4.22. The Bertz CT molecular complexity index is 753. The van der Waals surface area contributed by atoms with Crippen LogP contribution in [0.25, 0.3) is 10.8 Å². The number of phenols is 1. The van der Waals surface area contributed by atoms with E-state index in [4.69, 9.17) is 14.2 Å². The minimum Gasteiger partial charge on any atom is -0.504 e. The number of benzene rings is 2. The second-order valence-corrected chi connectivity index (χ2v) is 6.40. The van der Waals surface area contributed by atoms with Crippen LogP contribution >= 0.6 is 8.25 Å². The topological polar surface area (TPSA) is 76.0 Å². The molecule has 0 aromatic heterocycles. The molecule has 2 unspecified atom stereocenters. The predicted octanol–water partition coefficient (Wildman–Crippen LogP) is 3.63. The summed E-state index contributed by atoms with van der Waals surface area (Å²) in [6, 6.07) is 7.19. The van der Waals surface area contributed by atoms with Crippen molar-refractivity contribution in [3.63, 3.8) is 0 Å². The second kappa shape index (κ2) is 4.58. The van der Waals surface area contributed by atoms with Gasteiger partial charge in [0.1, 0.15) is 11.9 Å². The Morgan fingerprint density at radius 1 is 1.29 bits per heavy atom. The highest BCUT2D eigenvalue weighted by Crippen LogP contribution is 2.56. The number of rotatable bonds is 2. The van der Waals surface area contributed by atoms with Crippen molar-refractivity contribution in [2.45, 2.75) is 32.3 Å². The zero-order valence-corrected chi connectivity index (χ0v) is 12.8. The fourth-order valence-electron chi connectivity index (χ4n) is 2.78. The van der Waals surface area contributed by atoms with Crippen molar-refractivity contribution in [2.24, 2.45) is 0 Å². The summed E-state index contributed by atoms with van der Waals surface area (Å²) in [5.41, 5.74) is 0.184. The predicted molar refractivity (Wildman–Crippen MR) is 79.2 cm³/mol. The first-order valence-corrected chi connectivity index (χ1v) is 7.76. The van der Waals surface area contributed by atoms with Gasteiger partial charge in [-0.3, -0.25) is 0 Å². The van der Waals surface area contributed by atoms with Gasteiger partial charge in [-0.25, -0.2) is 4.52 Å². The molecule has 1 aliphatic rings. The van der Waals surface area contributed by atoms with E-state index >= 15 is 0 Å². The van der Waals surface area contributed by atoms with Gasteiger partial charge in [0.2, 0.25) is 5.75 Å². The standard InChI is InChI=1S/C15H15O5P/c1-8-15(2,3)11-12(16)14(20-21(17)18)10-7-5-4-6-9(10)13(11)19-8/h4-8H,1-3H3,(H-,16,17,18)/p+1. The van der Waals surface area contributed by atoms with Gasteiger partial charge in [-0.15, -0.1) is 4.89 Å². The SMILES string of the molecule is CC1Oc2c(c(O)c(O[P+](=O)O)c3ccccc23)C1(C)C. The van der Waals surface area contributed by atoms with Gasteiger partial charge < -0.3 is 9.84 Å². The first-order chi connectivity index (χ1) is 9.84. The van der Waals surface area contributed by atoms with Crippen LogP contribution < -0.4 is 9.26 Å². The van der Waals surface area contributed by atoms with Crippen LogP contribution in [0.5, 0.6) is 17.2 Å². The van der Waals surface area contributed by atoms with Crippen molar-refractivity contribution in [3.05, 3.63) is 29.8 Å². The molecule has 0 amide bonds. The summed E-state index contributed by atoms with van der Waals surface area (Å²) in [5, 5.41) is 11.9. The van der Waals surface area contributed by atoms with Gasteiger partial charge in [0.15, 0.2) is 5.75 Å². The highest BCUT2D eigenvalue weighted by molar-refractivity contribution is 7.32. The molecule has 0 saturated carbocycles. The van der Waals surface area contributed by atoms with Crippen LogP contribution in [-0.4, -0.2) is 16.1 Å². The summed E-state index contributed by atoms with van der Waals surface area (Å²) in [5.74, 6) is 0.510. The van der Waals surface area contributed by atoms with E-state index in [2.05, 4.69) is 0 Å². The largest absolute Gasteiger partial charge is 0.747 e. The molecule has 0 bridgehead atoms. The number of hydrogen-bond donors (Lipinski definition) is 2. The van der Waals surface area contributed by atoms with Gasteiger partial charge >= 0.3 is 8.25 Å². The quantitative estimate of drug-likeness (QED) is 0.829. The minimum absolute atomic E-state index is 0.0266. The van der Waals surface area contributed by atoms with Crippen LogP contribution in [0.4, 0.5) is 0 Å². The second-order valence-electron chi connectivity index (χ2n) is 5.74. The Morgan fingerprint density at radius 3 is 2.52 bits per heavy atom. The molecule has 5 nitrogen and oxygen atoms in total. The molecule has 6 heteroatoms. The molecule has 0 aliphatic carbocycles. The summed E-state index contributed by atoms with van der Waals surface area (Å²) in [4.78, 5) is 9.07. The molecule has 0 spiro atoms. The first-order valence-electron chi connectivity index (χ1n) is 6.63. The molecular formula is C15H16O5P+. The smallest absolute Gasteiger partial charge is 0.504 e. The molecule has 2 aromatic rings. The average molecular weight is 307 g/mol. The van der Waals surface area contributed by atoms with E-state index in [0.717, 1.165) is 5.39 Å². The Hall–Kier alpha value is -1.84. The van der Waals surface area contributed by atoms with Crippen LogP contribution in [0, 0.1) is 0 Å². The molecule has 3 rings (SSSR count).